The van der Waals surface area contributed by atoms with Gasteiger partial charge in [-0.25, -0.2) is 4.39 Å². The maximum absolute atomic E-state index is 13.4. The van der Waals surface area contributed by atoms with Crippen LogP contribution in [0.3, 0.4) is 0 Å². The van der Waals surface area contributed by atoms with Gasteiger partial charge in [-0.2, -0.15) is 5.26 Å². The molecule has 4 rings (SSSR count). The van der Waals surface area contributed by atoms with Gasteiger partial charge in [-0.15, -0.1) is 10.2 Å². The second-order valence-electron chi connectivity index (χ2n) is 7.09. The van der Waals surface area contributed by atoms with Gasteiger partial charge in [0.25, 0.3) is 0 Å². The average molecular weight is 422 g/mol. The summed E-state index contributed by atoms with van der Waals surface area (Å²) in [6.07, 6.45) is 6.55. The van der Waals surface area contributed by atoms with Crippen molar-refractivity contribution in [2.45, 2.75) is 36.4 Å². The second kappa shape index (κ2) is 8.63. The number of halogens is 1. The number of rotatable bonds is 6. The summed E-state index contributed by atoms with van der Waals surface area (Å²) in [6.45, 7) is 0. The standard InChI is InChI=1S/C21H19FN6OS/c22-16-3-5-17(6-4-16)28-19(15-7-11-24-12-8-15)26-27-20(28)30-13-18(29)25-21(14-23)9-1-2-10-21/h3-8,11-12H,1-2,9-10,13H2,(H,25,29). The molecule has 0 radical (unpaired) electrons. The van der Waals surface area contributed by atoms with Crippen molar-refractivity contribution >= 4 is 17.7 Å². The molecule has 1 aliphatic rings. The Morgan fingerprint density at radius 3 is 2.53 bits per heavy atom. The summed E-state index contributed by atoms with van der Waals surface area (Å²) in [6, 6.07) is 11.9. The predicted molar refractivity (Wildman–Crippen MR) is 110 cm³/mol. The van der Waals surface area contributed by atoms with Crippen LogP contribution in [0.1, 0.15) is 25.7 Å². The Labute approximate surface area is 177 Å². The first-order chi connectivity index (χ1) is 14.6. The van der Waals surface area contributed by atoms with Gasteiger partial charge in [0.05, 0.1) is 11.8 Å². The van der Waals surface area contributed by atoms with E-state index in [0.717, 1.165) is 18.4 Å². The number of hydrogen-bond donors (Lipinski definition) is 1. The Kier molecular flexibility index (Phi) is 5.77. The molecule has 0 saturated heterocycles. The van der Waals surface area contributed by atoms with Crippen LogP contribution in [-0.4, -0.2) is 36.9 Å². The maximum atomic E-state index is 13.4. The Morgan fingerprint density at radius 2 is 1.87 bits per heavy atom. The molecule has 1 N–H and O–H groups in total. The number of benzene rings is 1. The molecule has 2 heterocycles. The fraction of sp³-hybridized carbons (Fsp3) is 0.286. The first kappa shape index (κ1) is 20.0. The van der Waals surface area contributed by atoms with Crippen molar-refractivity contribution in [1.82, 2.24) is 25.1 Å². The van der Waals surface area contributed by atoms with Crippen LogP contribution in [0, 0.1) is 17.1 Å². The fourth-order valence-corrected chi connectivity index (χ4v) is 4.30. The Balaban J connectivity index is 1.59. The smallest absolute Gasteiger partial charge is 0.231 e. The Morgan fingerprint density at radius 1 is 1.17 bits per heavy atom. The van der Waals surface area contributed by atoms with Crippen molar-refractivity contribution < 1.29 is 9.18 Å². The third kappa shape index (κ3) is 4.19. The zero-order valence-corrected chi connectivity index (χ0v) is 16.9. The van der Waals surface area contributed by atoms with Gasteiger partial charge in [0, 0.05) is 23.6 Å². The quantitative estimate of drug-likeness (QED) is 0.611. The van der Waals surface area contributed by atoms with Crippen LogP contribution < -0.4 is 5.32 Å². The second-order valence-corrected chi connectivity index (χ2v) is 8.03. The number of hydrogen-bond acceptors (Lipinski definition) is 6. The van der Waals surface area contributed by atoms with E-state index in [0.29, 0.717) is 29.5 Å². The summed E-state index contributed by atoms with van der Waals surface area (Å²) in [5.41, 5.74) is 0.720. The lowest BCUT2D eigenvalue weighted by Gasteiger charge is -2.21. The lowest BCUT2D eigenvalue weighted by Crippen LogP contribution is -2.45. The summed E-state index contributed by atoms with van der Waals surface area (Å²) >= 11 is 1.22. The average Bonchev–Trinajstić information content (AvgIpc) is 3.41. The van der Waals surface area contributed by atoms with Gasteiger partial charge < -0.3 is 5.32 Å². The fourth-order valence-electron chi connectivity index (χ4n) is 3.55. The summed E-state index contributed by atoms with van der Waals surface area (Å²) in [5.74, 6) is 0.0991. The van der Waals surface area contributed by atoms with E-state index in [1.807, 2.05) is 12.1 Å². The van der Waals surface area contributed by atoms with E-state index in [2.05, 4.69) is 26.6 Å². The van der Waals surface area contributed by atoms with Crippen LogP contribution in [0.2, 0.25) is 0 Å². The van der Waals surface area contributed by atoms with Gasteiger partial charge in [-0.05, 0) is 62.1 Å². The van der Waals surface area contributed by atoms with E-state index in [4.69, 9.17) is 0 Å². The molecule has 152 valence electrons. The van der Waals surface area contributed by atoms with Gasteiger partial charge >= 0.3 is 0 Å². The van der Waals surface area contributed by atoms with Crippen molar-refractivity contribution in [2.24, 2.45) is 0 Å². The minimum absolute atomic E-state index is 0.0963. The minimum Gasteiger partial charge on any atom is -0.337 e. The van der Waals surface area contributed by atoms with Gasteiger partial charge in [0.15, 0.2) is 11.0 Å². The third-order valence-corrected chi connectivity index (χ3v) is 5.97. The SMILES string of the molecule is N#CC1(NC(=O)CSc2nnc(-c3ccncc3)n2-c2ccc(F)cc2)CCCC1. The normalized spacial score (nSPS) is 14.9. The van der Waals surface area contributed by atoms with Crippen LogP contribution in [0.25, 0.3) is 17.1 Å². The van der Waals surface area contributed by atoms with E-state index in [-0.39, 0.29) is 17.5 Å². The monoisotopic (exact) mass is 422 g/mol. The highest BCUT2D eigenvalue weighted by molar-refractivity contribution is 7.99. The predicted octanol–water partition coefficient (Wildman–Crippen LogP) is 3.51. The number of amides is 1. The molecule has 30 heavy (non-hydrogen) atoms. The summed E-state index contributed by atoms with van der Waals surface area (Å²) in [5, 5.41) is 21.4. The van der Waals surface area contributed by atoms with Crippen LogP contribution in [0.5, 0.6) is 0 Å². The van der Waals surface area contributed by atoms with Gasteiger partial charge in [-0.1, -0.05) is 11.8 Å². The van der Waals surface area contributed by atoms with Crippen LogP contribution in [-0.2, 0) is 4.79 Å². The van der Waals surface area contributed by atoms with E-state index >= 15 is 0 Å². The number of thioether (sulfide) groups is 1. The number of nitrogens with zero attached hydrogens (tertiary/aromatic N) is 5. The molecule has 0 unspecified atom stereocenters. The molecule has 0 atom stereocenters. The van der Waals surface area contributed by atoms with Crippen molar-refractivity contribution in [2.75, 3.05) is 5.75 Å². The number of pyridine rings is 1. The van der Waals surface area contributed by atoms with Crippen LogP contribution >= 0.6 is 11.8 Å². The Bertz CT molecular complexity index is 1070. The van der Waals surface area contributed by atoms with Crippen LogP contribution in [0.4, 0.5) is 4.39 Å². The number of carbonyl (C=O) groups is 1. The minimum atomic E-state index is -0.759. The van der Waals surface area contributed by atoms with E-state index in [1.165, 1.54) is 23.9 Å². The van der Waals surface area contributed by atoms with Crippen molar-refractivity contribution in [3.8, 4) is 23.1 Å². The zero-order chi connectivity index (χ0) is 21.0. The molecule has 1 saturated carbocycles. The van der Waals surface area contributed by atoms with E-state index in [1.54, 1.807) is 29.1 Å². The van der Waals surface area contributed by atoms with Gasteiger partial charge in [-0.3, -0.25) is 14.3 Å². The van der Waals surface area contributed by atoms with E-state index in [9.17, 15) is 14.4 Å². The van der Waals surface area contributed by atoms with Crippen molar-refractivity contribution in [3.05, 3.63) is 54.6 Å². The molecule has 3 aromatic rings. The third-order valence-electron chi connectivity index (χ3n) is 5.04. The highest BCUT2D eigenvalue weighted by Gasteiger charge is 2.35. The molecule has 1 aromatic carbocycles. The molecule has 1 aliphatic carbocycles. The summed E-state index contributed by atoms with van der Waals surface area (Å²) < 4.78 is 15.2. The van der Waals surface area contributed by atoms with Gasteiger partial charge in [0.2, 0.25) is 5.91 Å². The lowest BCUT2D eigenvalue weighted by molar-refractivity contribution is -0.119. The molecule has 0 aliphatic heterocycles. The first-order valence-electron chi connectivity index (χ1n) is 9.57. The molecule has 9 heteroatoms. The topological polar surface area (TPSA) is 96.5 Å². The largest absolute Gasteiger partial charge is 0.337 e. The first-order valence-corrected chi connectivity index (χ1v) is 10.6. The Hall–Kier alpha value is -3.25. The highest BCUT2D eigenvalue weighted by atomic mass is 32.2. The van der Waals surface area contributed by atoms with Crippen LogP contribution in [0.15, 0.2) is 53.9 Å². The molecule has 7 nitrogen and oxygen atoms in total. The number of nitrogens with one attached hydrogen (secondary N) is 1. The van der Waals surface area contributed by atoms with Crippen molar-refractivity contribution in [1.29, 1.82) is 5.26 Å². The zero-order valence-electron chi connectivity index (χ0n) is 16.1. The molecular weight excluding hydrogens is 403 g/mol. The maximum Gasteiger partial charge on any atom is 0.231 e. The lowest BCUT2D eigenvalue weighted by atomic mass is 10.0. The molecule has 0 spiro atoms. The van der Waals surface area contributed by atoms with Gasteiger partial charge in [0.1, 0.15) is 11.4 Å². The van der Waals surface area contributed by atoms with Crippen molar-refractivity contribution in [3.63, 3.8) is 0 Å². The number of nitriles is 1. The summed E-state index contributed by atoms with van der Waals surface area (Å²) in [7, 11) is 0. The highest BCUT2D eigenvalue weighted by Crippen LogP contribution is 2.30. The molecule has 1 amide bonds. The molecular formula is C21H19FN6OS. The number of carbonyl (C=O) groups excluding carboxylic acids is 1. The summed E-state index contributed by atoms with van der Waals surface area (Å²) in [4.78, 5) is 16.5. The number of aromatic nitrogens is 4. The van der Waals surface area contributed by atoms with E-state index < -0.39 is 5.54 Å². The molecule has 0 bridgehead atoms. The molecule has 1 fully saturated rings. The molecule has 2 aromatic heterocycles.